The van der Waals surface area contributed by atoms with Crippen LogP contribution < -0.4 is 10.1 Å². The molecule has 4 rings (SSSR count). The monoisotopic (exact) mass is 320 g/mol. The van der Waals surface area contributed by atoms with Crippen molar-refractivity contribution in [3.63, 3.8) is 0 Å². The van der Waals surface area contributed by atoms with Gasteiger partial charge in [-0.1, -0.05) is 42.5 Å². The van der Waals surface area contributed by atoms with Gasteiger partial charge < -0.3 is 10.1 Å². The molecule has 1 aliphatic rings. The molecule has 1 aliphatic heterocycles. The number of nitrogens with one attached hydrogen (secondary N) is 1. The van der Waals surface area contributed by atoms with Crippen molar-refractivity contribution in [3.8, 4) is 5.75 Å². The first-order valence-electron chi connectivity index (χ1n) is 8.29. The first-order chi connectivity index (χ1) is 11.8. The Bertz CT molecular complexity index is 798. The molecule has 0 aliphatic carbocycles. The van der Waals surface area contributed by atoms with E-state index in [1.807, 2.05) is 29.8 Å². The largest absolute Gasteiger partial charge is 0.494 e. The molecule has 122 valence electrons. The highest BCUT2D eigenvalue weighted by Gasteiger charge is 2.29. The summed E-state index contributed by atoms with van der Waals surface area (Å²) in [5.74, 6) is 1.71. The van der Waals surface area contributed by atoms with Crippen molar-refractivity contribution in [2.75, 3.05) is 11.9 Å². The Kier molecular flexibility index (Phi) is 3.91. The number of aromatic nitrogens is 3. The Hall–Kier alpha value is -2.82. The van der Waals surface area contributed by atoms with Gasteiger partial charge >= 0.3 is 0 Å². The minimum Gasteiger partial charge on any atom is -0.494 e. The zero-order valence-corrected chi connectivity index (χ0v) is 13.6. The predicted molar refractivity (Wildman–Crippen MR) is 93.2 cm³/mol. The second-order valence-electron chi connectivity index (χ2n) is 5.89. The van der Waals surface area contributed by atoms with Crippen LogP contribution in [-0.2, 0) is 0 Å². The lowest BCUT2D eigenvalue weighted by atomic mass is 9.93. The molecular weight excluding hydrogens is 300 g/mol. The molecule has 0 amide bonds. The molecule has 0 bridgehead atoms. The average molecular weight is 320 g/mol. The summed E-state index contributed by atoms with van der Waals surface area (Å²) in [4.78, 5) is 4.37. The SMILES string of the molecule is CCOc1ccc([C@@H]2C[C@@H](c3ccccc3)Nc3ncnn32)cc1. The summed E-state index contributed by atoms with van der Waals surface area (Å²) in [6.45, 7) is 2.67. The summed E-state index contributed by atoms with van der Waals surface area (Å²) in [6.07, 6.45) is 2.53. The number of nitrogens with zero attached hydrogens (tertiary/aromatic N) is 3. The highest BCUT2D eigenvalue weighted by Crippen LogP contribution is 2.37. The van der Waals surface area contributed by atoms with Crippen molar-refractivity contribution in [1.82, 2.24) is 14.8 Å². The van der Waals surface area contributed by atoms with Gasteiger partial charge in [0.05, 0.1) is 18.7 Å². The fourth-order valence-electron chi connectivity index (χ4n) is 3.25. The van der Waals surface area contributed by atoms with E-state index in [0.29, 0.717) is 6.61 Å². The van der Waals surface area contributed by atoms with Crippen LogP contribution in [0.1, 0.15) is 36.6 Å². The van der Waals surface area contributed by atoms with E-state index >= 15 is 0 Å². The van der Waals surface area contributed by atoms with Gasteiger partial charge in [0, 0.05) is 0 Å². The van der Waals surface area contributed by atoms with E-state index in [-0.39, 0.29) is 12.1 Å². The van der Waals surface area contributed by atoms with Gasteiger partial charge in [0.2, 0.25) is 5.95 Å². The standard InChI is InChI=1S/C19H20N4O/c1-2-24-16-10-8-15(9-11-16)18-12-17(14-6-4-3-5-7-14)22-19-20-13-21-23(18)19/h3-11,13,17-18H,2,12H2,1H3,(H,20,21,22)/t17-,18-/m0/s1. The molecule has 0 spiro atoms. The van der Waals surface area contributed by atoms with Gasteiger partial charge in [-0.25, -0.2) is 4.68 Å². The zero-order valence-electron chi connectivity index (χ0n) is 13.6. The molecule has 0 unspecified atom stereocenters. The van der Waals surface area contributed by atoms with Crippen molar-refractivity contribution in [2.45, 2.75) is 25.4 Å². The van der Waals surface area contributed by atoms with Crippen LogP contribution in [0, 0.1) is 0 Å². The third-order valence-electron chi connectivity index (χ3n) is 4.41. The molecule has 2 atom stereocenters. The molecule has 2 heterocycles. The Morgan fingerprint density at radius 1 is 1.08 bits per heavy atom. The Morgan fingerprint density at radius 3 is 2.62 bits per heavy atom. The molecule has 24 heavy (non-hydrogen) atoms. The van der Waals surface area contributed by atoms with Crippen LogP contribution in [0.15, 0.2) is 60.9 Å². The van der Waals surface area contributed by atoms with Crippen LogP contribution in [0.4, 0.5) is 5.95 Å². The highest BCUT2D eigenvalue weighted by atomic mass is 16.5. The minimum atomic E-state index is 0.157. The van der Waals surface area contributed by atoms with Gasteiger partial charge in [-0.05, 0) is 36.6 Å². The minimum absolute atomic E-state index is 0.157. The number of anilines is 1. The van der Waals surface area contributed by atoms with Crippen molar-refractivity contribution in [1.29, 1.82) is 0 Å². The first-order valence-corrected chi connectivity index (χ1v) is 8.29. The normalized spacial score (nSPS) is 19.4. The molecule has 0 fully saturated rings. The summed E-state index contributed by atoms with van der Waals surface area (Å²) < 4.78 is 7.51. The third-order valence-corrected chi connectivity index (χ3v) is 4.41. The van der Waals surface area contributed by atoms with Crippen molar-refractivity contribution in [2.24, 2.45) is 0 Å². The molecule has 5 heteroatoms. The van der Waals surface area contributed by atoms with Crippen LogP contribution in [0.25, 0.3) is 0 Å². The number of ether oxygens (including phenoxy) is 1. The molecule has 2 aromatic carbocycles. The molecule has 5 nitrogen and oxygen atoms in total. The van der Waals surface area contributed by atoms with Gasteiger partial charge in [0.25, 0.3) is 0 Å². The number of hydrogen-bond donors (Lipinski definition) is 1. The van der Waals surface area contributed by atoms with E-state index in [2.05, 4.69) is 51.8 Å². The van der Waals surface area contributed by atoms with Crippen LogP contribution in [0.2, 0.25) is 0 Å². The van der Waals surface area contributed by atoms with Crippen LogP contribution >= 0.6 is 0 Å². The maximum atomic E-state index is 5.55. The molecule has 3 aromatic rings. The molecule has 0 saturated carbocycles. The van der Waals surface area contributed by atoms with Crippen LogP contribution in [-0.4, -0.2) is 21.4 Å². The maximum absolute atomic E-state index is 5.55. The van der Waals surface area contributed by atoms with Crippen molar-refractivity contribution >= 4 is 5.95 Å². The number of fused-ring (bicyclic) bond motifs is 1. The van der Waals surface area contributed by atoms with Gasteiger partial charge in [0.1, 0.15) is 12.1 Å². The summed E-state index contributed by atoms with van der Waals surface area (Å²) in [6, 6.07) is 19.2. The Balaban J connectivity index is 1.66. The summed E-state index contributed by atoms with van der Waals surface area (Å²) in [5, 5.41) is 7.90. The highest BCUT2D eigenvalue weighted by molar-refractivity contribution is 5.39. The van der Waals surface area contributed by atoms with Gasteiger partial charge in [0.15, 0.2) is 0 Å². The Morgan fingerprint density at radius 2 is 1.88 bits per heavy atom. The third kappa shape index (κ3) is 2.73. The molecule has 1 N–H and O–H groups in total. The van der Waals surface area contributed by atoms with Gasteiger partial charge in [-0.2, -0.15) is 10.1 Å². The molecule has 1 aromatic heterocycles. The maximum Gasteiger partial charge on any atom is 0.222 e. The molecule has 0 radical (unpaired) electrons. The topological polar surface area (TPSA) is 52.0 Å². The van der Waals surface area contributed by atoms with Gasteiger partial charge in [-0.15, -0.1) is 0 Å². The average Bonchev–Trinajstić information content (AvgIpc) is 3.11. The predicted octanol–water partition coefficient (Wildman–Crippen LogP) is 3.82. The number of hydrogen-bond acceptors (Lipinski definition) is 4. The number of benzene rings is 2. The quantitative estimate of drug-likeness (QED) is 0.794. The fraction of sp³-hybridized carbons (Fsp3) is 0.263. The zero-order chi connectivity index (χ0) is 16.4. The van der Waals surface area contributed by atoms with Gasteiger partial charge in [-0.3, -0.25) is 0 Å². The lowest BCUT2D eigenvalue weighted by Crippen LogP contribution is -2.28. The smallest absolute Gasteiger partial charge is 0.222 e. The van der Waals surface area contributed by atoms with E-state index in [1.54, 1.807) is 6.33 Å². The van der Waals surface area contributed by atoms with E-state index in [4.69, 9.17) is 4.74 Å². The van der Waals surface area contributed by atoms with E-state index < -0.39 is 0 Å². The lowest BCUT2D eigenvalue weighted by molar-refractivity contribution is 0.340. The second-order valence-corrected chi connectivity index (χ2v) is 5.89. The second kappa shape index (κ2) is 6.35. The fourth-order valence-corrected chi connectivity index (χ4v) is 3.25. The number of rotatable bonds is 4. The van der Waals surface area contributed by atoms with E-state index in [0.717, 1.165) is 18.1 Å². The molecule has 0 saturated heterocycles. The van der Waals surface area contributed by atoms with Crippen molar-refractivity contribution in [3.05, 3.63) is 72.1 Å². The van der Waals surface area contributed by atoms with Crippen LogP contribution in [0.5, 0.6) is 5.75 Å². The summed E-state index contributed by atoms with van der Waals surface area (Å²) >= 11 is 0. The summed E-state index contributed by atoms with van der Waals surface area (Å²) in [5.41, 5.74) is 2.48. The summed E-state index contributed by atoms with van der Waals surface area (Å²) in [7, 11) is 0. The van der Waals surface area contributed by atoms with Crippen molar-refractivity contribution < 1.29 is 4.74 Å². The lowest BCUT2D eigenvalue weighted by Gasteiger charge is -2.31. The van der Waals surface area contributed by atoms with Crippen LogP contribution in [0.3, 0.4) is 0 Å². The first kappa shape index (κ1) is 14.8. The Labute approximate surface area is 141 Å². The van der Waals surface area contributed by atoms with E-state index in [1.165, 1.54) is 11.1 Å². The van der Waals surface area contributed by atoms with E-state index in [9.17, 15) is 0 Å². The molecular formula is C19H20N4O.